The molecule has 4 nitrogen and oxygen atoms in total. The Hall–Kier alpha value is -1.57. The summed E-state index contributed by atoms with van der Waals surface area (Å²) in [6.07, 6.45) is 11.5. The average molecular weight is 402 g/mol. The molecule has 0 aromatic carbocycles. The van der Waals surface area contributed by atoms with Gasteiger partial charge < -0.3 is 15.1 Å². The molecule has 162 valence electrons. The third-order valence-electron chi connectivity index (χ3n) is 6.62. The molecule has 2 aliphatic carbocycles. The van der Waals surface area contributed by atoms with Crippen LogP contribution in [0.4, 0.5) is 0 Å². The molecule has 1 fully saturated rings. The molecule has 1 saturated carbocycles. The van der Waals surface area contributed by atoms with E-state index >= 15 is 0 Å². The van der Waals surface area contributed by atoms with E-state index in [0.717, 1.165) is 32.1 Å². The molecule has 2 N–H and O–H groups in total. The van der Waals surface area contributed by atoms with Crippen LogP contribution in [0.15, 0.2) is 23.8 Å². The number of amides is 1. The Bertz CT molecular complexity index is 680. The van der Waals surface area contributed by atoms with Crippen molar-refractivity contribution >= 4 is 5.91 Å². The van der Waals surface area contributed by atoms with E-state index < -0.39 is 6.10 Å². The summed E-state index contributed by atoms with van der Waals surface area (Å²) in [5.74, 6) is 7.13. The number of rotatable bonds is 9. The van der Waals surface area contributed by atoms with Crippen molar-refractivity contribution in [2.24, 2.45) is 23.2 Å². The normalized spacial score (nSPS) is 27.3. The first-order chi connectivity index (χ1) is 13.7. The van der Waals surface area contributed by atoms with Gasteiger partial charge in [0.25, 0.3) is 0 Å². The minimum Gasteiger partial charge on any atom is -0.392 e. The number of hydrogen-bond acceptors (Lipinski definition) is 3. The smallest absolute Gasteiger partial charge is 0.222 e. The summed E-state index contributed by atoms with van der Waals surface area (Å²) in [7, 11) is 3.61. The lowest BCUT2D eigenvalue weighted by atomic mass is 9.81. The summed E-state index contributed by atoms with van der Waals surface area (Å²) in [6, 6.07) is 0. The summed E-state index contributed by atoms with van der Waals surface area (Å²) in [5, 5.41) is 21.1. The van der Waals surface area contributed by atoms with Crippen molar-refractivity contribution in [2.45, 2.75) is 77.9 Å². The van der Waals surface area contributed by atoms with Crippen LogP contribution >= 0.6 is 0 Å². The van der Waals surface area contributed by atoms with Crippen LogP contribution in [0.25, 0.3) is 0 Å². The highest BCUT2D eigenvalue weighted by atomic mass is 16.3. The number of hydrogen-bond donors (Lipinski definition) is 2. The quantitative estimate of drug-likeness (QED) is 0.350. The van der Waals surface area contributed by atoms with Crippen molar-refractivity contribution < 1.29 is 15.0 Å². The summed E-state index contributed by atoms with van der Waals surface area (Å²) < 4.78 is 0. The molecule has 0 radical (unpaired) electrons. The first kappa shape index (κ1) is 23.7. The Labute approximate surface area is 177 Å². The molecule has 0 saturated heterocycles. The molecule has 0 unspecified atom stereocenters. The van der Waals surface area contributed by atoms with E-state index in [9.17, 15) is 15.0 Å². The van der Waals surface area contributed by atoms with Gasteiger partial charge in [-0.15, -0.1) is 11.8 Å². The van der Waals surface area contributed by atoms with E-state index in [1.54, 1.807) is 19.0 Å². The van der Waals surface area contributed by atoms with E-state index in [1.807, 2.05) is 32.9 Å². The fourth-order valence-corrected chi connectivity index (χ4v) is 4.56. The van der Waals surface area contributed by atoms with Gasteiger partial charge in [0.05, 0.1) is 12.2 Å². The number of aliphatic hydroxyl groups is 2. The second-order valence-corrected chi connectivity index (χ2v) is 9.65. The maximum Gasteiger partial charge on any atom is 0.222 e. The van der Waals surface area contributed by atoms with Crippen LogP contribution in [0.3, 0.4) is 0 Å². The number of allylic oxidation sites excluding steroid dienone is 2. The summed E-state index contributed by atoms with van der Waals surface area (Å²) in [5.41, 5.74) is 1.17. The number of unbranched alkanes of at least 4 members (excludes halogenated alkanes) is 1. The molecule has 29 heavy (non-hydrogen) atoms. The monoisotopic (exact) mass is 401 g/mol. The maximum absolute atomic E-state index is 11.7. The molecule has 0 aliphatic heterocycles. The van der Waals surface area contributed by atoms with Crippen molar-refractivity contribution in [2.75, 3.05) is 14.1 Å². The van der Waals surface area contributed by atoms with Crippen molar-refractivity contribution in [3.05, 3.63) is 23.8 Å². The highest BCUT2D eigenvalue weighted by Gasteiger charge is 2.43. The van der Waals surface area contributed by atoms with E-state index in [1.165, 1.54) is 5.57 Å². The van der Waals surface area contributed by atoms with Crippen LogP contribution in [0.2, 0.25) is 0 Å². The molecule has 4 heteroatoms. The first-order valence-electron chi connectivity index (χ1n) is 11.0. The SMILES string of the molecule is CC#CCC(C)(C)[C@H](O)/C=C/[C@@H]1[C@H]2CC(CCCCC(=O)N(C)C)=C[C@H]2C[C@H]1O. The zero-order valence-corrected chi connectivity index (χ0v) is 18.8. The number of carbonyl (C=O) groups excluding carboxylic acids is 1. The van der Waals surface area contributed by atoms with Gasteiger partial charge in [-0.1, -0.05) is 37.6 Å². The van der Waals surface area contributed by atoms with Crippen LogP contribution in [0.1, 0.15) is 65.7 Å². The van der Waals surface area contributed by atoms with Gasteiger partial charge in [-0.05, 0) is 50.9 Å². The largest absolute Gasteiger partial charge is 0.392 e. The number of carbonyl (C=O) groups is 1. The van der Waals surface area contributed by atoms with Gasteiger partial charge in [0, 0.05) is 38.3 Å². The molecule has 0 bridgehead atoms. The Morgan fingerprint density at radius 3 is 2.76 bits per heavy atom. The van der Waals surface area contributed by atoms with E-state index in [4.69, 9.17) is 0 Å². The second kappa shape index (κ2) is 10.5. The van der Waals surface area contributed by atoms with Crippen LogP contribution in [0, 0.1) is 35.0 Å². The predicted molar refractivity (Wildman–Crippen MR) is 118 cm³/mol. The van der Waals surface area contributed by atoms with Gasteiger partial charge in [-0.25, -0.2) is 0 Å². The zero-order valence-electron chi connectivity index (χ0n) is 18.8. The molecule has 0 aromatic rings. The van der Waals surface area contributed by atoms with Crippen LogP contribution in [-0.4, -0.2) is 47.3 Å². The maximum atomic E-state index is 11.7. The summed E-state index contributed by atoms with van der Waals surface area (Å²) in [6.45, 7) is 5.87. The molecule has 2 rings (SSSR count). The Balaban J connectivity index is 1.86. The lowest BCUT2D eigenvalue weighted by molar-refractivity contribution is -0.128. The molecule has 2 aliphatic rings. The minimum atomic E-state index is -0.572. The summed E-state index contributed by atoms with van der Waals surface area (Å²) >= 11 is 0. The van der Waals surface area contributed by atoms with Gasteiger partial charge >= 0.3 is 0 Å². The zero-order chi connectivity index (χ0) is 21.6. The molecule has 0 aromatic heterocycles. The van der Waals surface area contributed by atoms with E-state index in [2.05, 4.69) is 17.9 Å². The van der Waals surface area contributed by atoms with Gasteiger partial charge in [0.15, 0.2) is 0 Å². The third kappa shape index (κ3) is 6.46. The highest BCUT2D eigenvalue weighted by molar-refractivity contribution is 5.75. The lowest BCUT2D eigenvalue weighted by Crippen LogP contribution is -2.27. The van der Waals surface area contributed by atoms with Gasteiger partial charge in [-0.3, -0.25) is 4.79 Å². The molecule has 0 spiro atoms. The van der Waals surface area contributed by atoms with E-state index in [-0.39, 0.29) is 23.3 Å². The first-order valence-corrected chi connectivity index (χ1v) is 11.0. The third-order valence-corrected chi connectivity index (χ3v) is 6.62. The Kier molecular flexibility index (Phi) is 8.55. The summed E-state index contributed by atoms with van der Waals surface area (Å²) in [4.78, 5) is 13.3. The van der Waals surface area contributed by atoms with Gasteiger partial charge in [-0.2, -0.15) is 0 Å². The Morgan fingerprint density at radius 1 is 1.38 bits per heavy atom. The van der Waals surface area contributed by atoms with Gasteiger partial charge in [0.1, 0.15) is 0 Å². The van der Waals surface area contributed by atoms with Crippen LogP contribution < -0.4 is 0 Å². The van der Waals surface area contributed by atoms with Crippen molar-refractivity contribution in [3.63, 3.8) is 0 Å². The van der Waals surface area contributed by atoms with Crippen LogP contribution in [0.5, 0.6) is 0 Å². The fourth-order valence-electron chi connectivity index (χ4n) is 4.56. The Morgan fingerprint density at radius 2 is 2.10 bits per heavy atom. The minimum absolute atomic E-state index is 0.103. The predicted octanol–water partition coefficient (Wildman–Crippen LogP) is 3.94. The van der Waals surface area contributed by atoms with E-state index in [0.29, 0.717) is 24.7 Å². The fraction of sp³-hybridized carbons (Fsp3) is 0.720. The van der Waals surface area contributed by atoms with Crippen LogP contribution in [-0.2, 0) is 4.79 Å². The number of nitrogens with zero attached hydrogens (tertiary/aromatic N) is 1. The van der Waals surface area contributed by atoms with Crippen molar-refractivity contribution in [1.29, 1.82) is 0 Å². The number of fused-ring (bicyclic) bond motifs is 1. The molecular formula is C25H39NO3. The second-order valence-electron chi connectivity index (χ2n) is 9.65. The van der Waals surface area contributed by atoms with Crippen molar-refractivity contribution in [1.82, 2.24) is 4.90 Å². The lowest BCUT2D eigenvalue weighted by Gasteiger charge is -2.27. The standard InChI is InChI=1S/C25H39NO3/c1-6-7-14-25(2,3)23(28)13-12-20-21-16-18(15-19(21)17-22(20)27)10-8-9-11-24(29)26(4)5/h12-13,15,19-23,27-28H,8-11,14,16-17H2,1-5H3/b13-12+/t19-,20+,21-,22+,23+/m0/s1. The molecule has 5 atom stereocenters. The molecular weight excluding hydrogens is 362 g/mol. The number of aliphatic hydroxyl groups excluding tert-OH is 2. The van der Waals surface area contributed by atoms with Crippen molar-refractivity contribution in [3.8, 4) is 11.8 Å². The van der Waals surface area contributed by atoms with Gasteiger partial charge in [0.2, 0.25) is 5.91 Å². The highest BCUT2D eigenvalue weighted by Crippen LogP contribution is 2.48. The topological polar surface area (TPSA) is 60.8 Å². The molecule has 0 heterocycles. The average Bonchev–Trinajstić information content (AvgIpc) is 3.17. The molecule has 1 amide bonds.